The van der Waals surface area contributed by atoms with Crippen LogP contribution in [0.4, 0.5) is 0 Å². The molecule has 0 unspecified atom stereocenters. The number of thiophene rings is 1. The summed E-state index contributed by atoms with van der Waals surface area (Å²) in [4.78, 5) is 11.2. The molecule has 0 aliphatic carbocycles. The molecule has 6 heteroatoms. The lowest BCUT2D eigenvalue weighted by Gasteiger charge is -1.98. The molecule has 2 rings (SSSR count). The Hall–Kier alpha value is -1.69. The number of aromatic nitrogens is 3. The third-order valence-corrected chi connectivity index (χ3v) is 2.75. The second-order valence-corrected chi connectivity index (χ2v) is 3.63. The van der Waals surface area contributed by atoms with Gasteiger partial charge in [0.05, 0.1) is 11.9 Å². The zero-order chi connectivity index (χ0) is 10.1. The van der Waals surface area contributed by atoms with E-state index in [1.807, 2.05) is 0 Å². The molecule has 0 saturated heterocycles. The SMILES string of the molecule is Cn1nncc1-c1ccsc1C(=O)O. The maximum atomic E-state index is 10.8. The summed E-state index contributed by atoms with van der Waals surface area (Å²) in [5.41, 5.74) is 1.37. The van der Waals surface area contributed by atoms with Crippen LogP contribution >= 0.6 is 11.3 Å². The summed E-state index contributed by atoms with van der Waals surface area (Å²) in [5.74, 6) is -0.920. The van der Waals surface area contributed by atoms with E-state index in [2.05, 4.69) is 10.3 Å². The fourth-order valence-electron chi connectivity index (χ4n) is 1.21. The molecule has 0 aliphatic heterocycles. The highest BCUT2D eigenvalue weighted by molar-refractivity contribution is 7.12. The van der Waals surface area contributed by atoms with Crippen LogP contribution in [0.3, 0.4) is 0 Å². The molecule has 0 spiro atoms. The smallest absolute Gasteiger partial charge is 0.346 e. The predicted molar refractivity (Wildman–Crippen MR) is 51.3 cm³/mol. The highest BCUT2D eigenvalue weighted by atomic mass is 32.1. The Balaban J connectivity index is 2.57. The number of carboxylic acid groups (broad SMARTS) is 1. The number of hydrogen-bond acceptors (Lipinski definition) is 4. The minimum absolute atomic E-state index is 0.315. The summed E-state index contributed by atoms with van der Waals surface area (Å²) in [5, 5.41) is 18.1. The topological polar surface area (TPSA) is 68.0 Å². The van der Waals surface area contributed by atoms with Crippen molar-refractivity contribution in [2.24, 2.45) is 7.05 Å². The number of aromatic carboxylic acids is 1. The lowest BCUT2D eigenvalue weighted by molar-refractivity contribution is 0.0703. The second-order valence-electron chi connectivity index (χ2n) is 2.71. The van der Waals surface area contributed by atoms with E-state index in [0.717, 1.165) is 0 Å². The van der Waals surface area contributed by atoms with Gasteiger partial charge < -0.3 is 5.11 Å². The van der Waals surface area contributed by atoms with Crippen molar-refractivity contribution in [2.45, 2.75) is 0 Å². The van der Waals surface area contributed by atoms with Crippen LogP contribution < -0.4 is 0 Å². The molecule has 0 amide bonds. The molecular formula is C8H7N3O2S. The van der Waals surface area contributed by atoms with Gasteiger partial charge in [-0.05, 0) is 11.4 Å². The van der Waals surface area contributed by atoms with Crippen molar-refractivity contribution in [1.29, 1.82) is 0 Å². The van der Waals surface area contributed by atoms with Crippen LogP contribution in [0.2, 0.25) is 0 Å². The maximum absolute atomic E-state index is 10.8. The molecule has 5 nitrogen and oxygen atoms in total. The minimum atomic E-state index is -0.920. The van der Waals surface area contributed by atoms with Crippen molar-refractivity contribution in [3.05, 3.63) is 22.5 Å². The van der Waals surface area contributed by atoms with Crippen LogP contribution in [0.15, 0.2) is 17.6 Å². The molecule has 0 aromatic carbocycles. The Labute approximate surface area is 83.6 Å². The van der Waals surface area contributed by atoms with Gasteiger partial charge in [0.15, 0.2) is 0 Å². The zero-order valence-corrected chi connectivity index (χ0v) is 8.15. The van der Waals surface area contributed by atoms with E-state index in [9.17, 15) is 4.79 Å². The molecule has 14 heavy (non-hydrogen) atoms. The van der Waals surface area contributed by atoms with E-state index in [1.165, 1.54) is 11.3 Å². The highest BCUT2D eigenvalue weighted by Gasteiger charge is 2.15. The van der Waals surface area contributed by atoms with Gasteiger partial charge in [0.2, 0.25) is 0 Å². The third kappa shape index (κ3) is 1.29. The molecule has 1 N–H and O–H groups in total. The number of rotatable bonds is 2. The Bertz CT molecular complexity index is 474. The van der Waals surface area contributed by atoms with E-state index in [1.54, 1.807) is 29.4 Å². The quantitative estimate of drug-likeness (QED) is 0.808. The van der Waals surface area contributed by atoms with Gasteiger partial charge in [0, 0.05) is 12.6 Å². The van der Waals surface area contributed by atoms with E-state index in [4.69, 9.17) is 5.11 Å². The first-order chi connectivity index (χ1) is 6.70. The largest absolute Gasteiger partial charge is 0.477 e. The number of nitrogens with zero attached hydrogens (tertiary/aromatic N) is 3. The maximum Gasteiger partial charge on any atom is 0.346 e. The van der Waals surface area contributed by atoms with Gasteiger partial charge in [-0.3, -0.25) is 0 Å². The third-order valence-electron chi connectivity index (χ3n) is 1.85. The molecule has 0 fully saturated rings. The minimum Gasteiger partial charge on any atom is -0.477 e. The Morgan fingerprint density at radius 1 is 1.64 bits per heavy atom. The summed E-state index contributed by atoms with van der Waals surface area (Å²) in [6, 6.07) is 1.76. The molecule has 0 bridgehead atoms. The lowest BCUT2D eigenvalue weighted by Crippen LogP contribution is -1.98. The van der Waals surface area contributed by atoms with E-state index >= 15 is 0 Å². The van der Waals surface area contributed by atoms with Gasteiger partial charge >= 0.3 is 5.97 Å². The standard InChI is InChI=1S/C8H7N3O2S/c1-11-6(4-9-10-11)5-2-3-14-7(5)8(12)13/h2-4H,1H3,(H,12,13). The van der Waals surface area contributed by atoms with Gasteiger partial charge in [-0.15, -0.1) is 16.4 Å². The molecule has 2 aromatic heterocycles. The molecule has 2 heterocycles. The van der Waals surface area contributed by atoms with E-state index < -0.39 is 5.97 Å². The van der Waals surface area contributed by atoms with Crippen molar-refractivity contribution in [2.75, 3.05) is 0 Å². The fourth-order valence-corrected chi connectivity index (χ4v) is 1.95. The van der Waals surface area contributed by atoms with Crippen LogP contribution in [-0.2, 0) is 7.05 Å². The molecule has 0 aliphatic rings. The first-order valence-corrected chi connectivity index (χ1v) is 4.74. The average Bonchev–Trinajstić information content (AvgIpc) is 2.70. The lowest BCUT2D eigenvalue weighted by atomic mass is 10.2. The summed E-state index contributed by atoms with van der Waals surface area (Å²) in [7, 11) is 1.73. The van der Waals surface area contributed by atoms with Crippen molar-refractivity contribution in [3.63, 3.8) is 0 Å². The van der Waals surface area contributed by atoms with Crippen LogP contribution in [0.1, 0.15) is 9.67 Å². The predicted octanol–water partition coefficient (Wildman–Crippen LogP) is 1.24. The highest BCUT2D eigenvalue weighted by Crippen LogP contribution is 2.26. The van der Waals surface area contributed by atoms with Crippen LogP contribution in [0.5, 0.6) is 0 Å². The molecule has 0 radical (unpaired) electrons. The monoisotopic (exact) mass is 209 g/mol. The van der Waals surface area contributed by atoms with Crippen molar-refractivity contribution in [1.82, 2.24) is 15.0 Å². The molecule has 72 valence electrons. The molecular weight excluding hydrogens is 202 g/mol. The summed E-state index contributed by atoms with van der Waals surface area (Å²) < 4.78 is 1.55. The number of hydrogen-bond donors (Lipinski definition) is 1. The van der Waals surface area contributed by atoms with Crippen molar-refractivity contribution >= 4 is 17.3 Å². The van der Waals surface area contributed by atoms with E-state index in [0.29, 0.717) is 16.1 Å². The van der Waals surface area contributed by atoms with Crippen molar-refractivity contribution in [3.8, 4) is 11.3 Å². The fraction of sp³-hybridized carbons (Fsp3) is 0.125. The number of aryl methyl sites for hydroxylation is 1. The van der Waals surface area contributed by atoms with Gasteiger partial charge in [-0.1, -0.05) is 5.21 Å². The summed E-state index contributed by atoms with van der Waals surface area (Å²) in [6.07, 6.45) is 1.55. The van der Waals surface area contributed by atoms with Crippen molar-refractivity contribution < 1.29 is 9.90 Å². The van der Waals surface area contributed by atoms with Crippen LogP contribution in [-0.4, -0.2) is 26.1 Å². The molecule has 0 saturated carbocycles. The van der Waals surface area contributed by atoms with Gasteiger partial charge in [-0.2, -0.15) is 0 Å². The zero-order valence-electron chi connectivity index (χ0n) is 7.34. The first kappa shape index (κ1) is 8.89. The summed E-state index contributed by atoms with van der Waals surface area (Å²) >= 11 is 1.20. The van der Waals surface area contributed by atoms with Crippen LogP contribution in [0, 0.1) is 0 Å². The van der Waals surface area contributed by atoms with Gasteiger partial charge in [0.1, 0.15) is 4.88 Å². The molecule has 0 atom stereocenters. The normalized spacial score (nSPS) is 10.4. The molecule has 2 aromatic rings. The van der Waals surface area contributed by atoms with Crippen LogP contribution in [0.25, 0.3) is 11.3 Å². The average molecular weight is 209 g/mol. The Morgan fingerprint density at radius 2 is 2.43 bits per heavy atom. The summed E-state index contributed by atoms with van der Waals surface area (Å²) in [6.45, 7) is 0. The number of carboxylic acids is 1. The van der Waals surface area contributed by atoms with Gasteiger partial charge in [0.25, 0.3) is 0 Å². The first-order valence-electron chi connectivity index (χ1n) is 3.86. The second kappa shape index (κ2) is 3.22. The van der Waals surface area contributed by atoms with Gasteiger partial charge in [-0.25, -0.2) is 9.48 Å². The Kier molecular flexibility index (Phi) is 2.05. The Morgan fingerprint density at radius 3 is 3.00 bits per heavy atom. The van der Waals surface area contributed by atoms with E-state index in [-0.39, 0.29) is 0 Å². The number of carbonyl (C=O) groups is 1.